The molecule has 0 fully saturated rings. The minimum atomic E-state index is -3.85. The second-order valence-corrected chi connectivity index (χ2v) is 11.6. The van der Waals surface area contributed by atoms with Crippen LogP contribution in [0.5, 0.6) is 0 Å². The maximum atomic E-state index is 13.7. The fraction of sp³-hybridized carbons (Fsp3) is 0.308. The number of hydrogen-bond acceptors (Lipinski definition) is 4. The number of carbonyl (C=O) groups is 2. The molecule has 3 aromatic rings. The average Bonchev–Trinajstić information content (AvgIpc) is 2.80. The van der Waals surface area contributed by atoms with Crippen molar-refractivity contribution in [2.75, 3.05) is 17.1 Å². The minimum absolute atomic E-state index is 0.00530. The lowest BCUT2D eigenvalue weighted by Gasteiger charge is -2.32. The van der Waals surface area contributed by atoms with Crippen molar-refractivity contribution >= 4 is 61.5 Å². The average molecular weight is 551 g/mol. The monoisotopic (exact) mass is 549 g/mol. The maximum Gasteiger partial charge on any atom is 0.244 e. The molecule has 2 amide bonds. The summed E-state index contributed by atoms with van der Waals surface area (Å²) < 4.78 is 26.8. The number of rotatable bonds is 9. The van der Waals surface area contributed by atoms with E-state index in [0.717, 1.165) is 15.9 Å². The highest BCUT2D eigenvalue weighted by Gasteiger charge is 2.31. The van der Waals surface area contributed by atoms with E-state index in [1.54, 1.807) is 49.4 Å². The Morgan fingerprint density at radius 1 is 0.972 bits per heavy atom. The summed E-state index contributed by atoms with van der Waals surface area (Å²) in [5, 5.41) is 5.11. The molecule has 0 aliphatic heterocycles. The Bertz CT molecular complexity index is 1370. The number of fused-ring (bicyclic) bond motifs is 1. The first kappa shape index (κ1) is 27.8. The molecule has 0 saturated carbocycles. The van der Waals surface area contributed by atoms with Gasteiger partial charge in [-0.3, -0.25) is 13.9 Å². The standard InChI is InChI=1S/C26H29Cl2N3O4S/c1-17(2)29-26(33)18(3)30(15-20-12-13-21(27)14-23(20)28)25(32)16-31(36(4,34)35)24-11-7-9-19-8-5-6-10-22(19)24/h5-14,17-18H,15-16H2,1-4H3,(H,29,33)/t18-/m1/s1. The summed E-state index contributed by atoms with van der Waals surface area (Å²) in [4.78, 5) is 27.9. The normalized spacial score (nSPS) is 12.4. The first-order valence-electron chi connectivity index (χ1n) is 11.4. The minimum Gasteiger partial charge on any atom is -0.352 e. The summed E-state index contributed by atoms with van der Waals surface area (Å²) in [6.45, 7) is 4.74. The van der Waals surface area contributed by atoms with E-state index in [1.807, 2.05) is 32.0 Å². The number of anilines is 1. The first-order chi connectivity index (χ1) is 16.9. The van der Waals surface area contributed by atoms with Crippen LogP contribution in [-0.2, 0) is 26.2 Å². The van der Waals surface area contributed by atoms with E-state index in [2.05, 4.69) is 5.32 Å². The molecule has 1 N–H and O–H groups in total. The topological polar surface area (TPSA) is 86.8 Å². The maximum absolute atomic E-state index is 13.7. The Labute approximate surface area is 222 Å². The predicted octanol–water partition coefficient (Wildman–Crippen LogP) is 4.85. The van der Waals surface area contributed by atoms with E-state index in [0.29, 0.717) is 26.7 Å². The van der Waals surface area contributed by atoms with Gasteiger partial charge in [0.05, 0.1) is 11.9 Å². The number of nitrogens with one attached hydrogen (secondary N) is 1. The molecule has 192 valence electrons. The van der Waals surface area contributed by atoms with Gasteiger partial charge in [-0.15, -0.1) is 0 Å². The molecule has 0 spiro atoms. The fourth-order valence-electron chi connectivity index (χ4n) is 3.84. The van der Waals surface area contributed by atoms with Crippen LogP contribution in [-0.4, -0.2) is 50.0 Å². The Morgan fingerprint density at radius 3 is 2.28 bits per heavy atom. The highest BCUT2D eigenvalue weighted by atomic mass is 35.5. The molecular weight excluding hydrogens is 521 g/mol. The van der Waals surface area contributed by atoms with Gasteiger partial charge in [-0.1, -0.05) is 65.7 Å². The molecule has 0 bridgehead atoms. The van der Waals surface area contributed by atoms with Crippen molar-refractivity contribution in [3.05, 3.63) is 76.3 Å². The second-order valence-electron chi connectivity index (χ2n) is 8.86. The van der Waals surface area contributed by atoms with Crippen LogP contribution in [0.15, 0.2) is 60.7 Å². The van der Waals surface area contributed by atoms with Gasteiger partial charge >= 0.3 is 0 Å². The quantitative estimate of drug-likeness (QED) is 0.413. The molecule has 0 saturated heterocycles. The third-order valence-corrected chi connectivity index (χ3v) is 7.38. The molecule has 0 radical (unpaired) electrons. The Hall–Kier alpha value is -2.81. The molecule has 3 rings (SSSR count). The van der Waals surface area contributed by atoms with E-state index in [-0.39, 0.29) is 18.5 Å². The predicted molar refractivity (Wildman–Crippen MR) is 146 cm³/mol. The van der Waals surface area contributed by atoms with Crippen molar-refractivity contribution in [1.29, 1.82) is 0 Å². The van der Waals surface area contributed by atoms with Crippen molar-refractivity contribution in [2.24, 2.45) is 0 Å². The molecule has 0 unspecified atom stereocenters. The van der Waals surface area contributed by atoms with Crippen LogP contribution in [0, 0.1) is 0 Å². The number of halogens is 2. The zero-order chi connectivity index (χ0) is 26.6. The summed E-state index contributed by atoms with van der Waals surface area (Å²) in [7, 11) is -3.85. The van der Waals surface area contributed by atoms with Crippen molar-refractivity contribution in [3.63, 3.8) is 0 Å². The van der Waals surface area contributed by atoms with E-state index in [4.69, 9.17) is 23.2 Å². The van der Waals surface area contributed by atoms with E-state index >= 15 is 0 Å². The van der Waals surface area contributed by atoms with E-state index < -0.39 is 28.5 Å². The molecule has 10 heteroatoms. The lowest BCUT2D eigenvalue weighted by Crippen LogP contribution is -2.52. The lowest BCUT2D eigenvalue weighted by molar-refractivity contribution is -0.139. The zero-order valence-corrected chi connectivity index (χ0v) is 22.9. The molecule has 0 aliphatic carbocycles. The van der Waals surface area contributed by atoms with Gasteiger partial charge in [0.1, 0.15) is 12.6 Å². The number of amides is 2. The third-order valence-electron chi connectivity index (χ3n) is 5.67. The number of hydrogen-bond donors (Lipinski definition) is 1. The van der Waals surface area contributed by atoms with Gasteiger partial charge in [-0.05, 0) is 49.9 Å². The fourth-order valence-corrected chi connectivity index (χ4v) is 5.17. The molecule has 3 aromatic carbocycles. The van der Waals surface area contributed by atoms with Crippen molar-refractivity contribution in [1.82, 2.24) is 10.2 Å². The zero-order valence-electron chi connectivity index (χ0n) is 20.5. The van der Waals surface area contributed by atoms with Gasteiger partial charge in [0.2, 0.25) is 21.8 Å². The SMILES string of the molecule is CC(C)NC(=O)[C@@H](C)N(Cc1ccc(Cl)cc1Cl)C(=O)CN(c1cccc2ccccc12)S(C)(=O)=O. The summed E-state index contributed by atoms with van der Waals surface area (Å²) in [5.74, 6) is -0.912. The van der Waals surface area contributed by atoms with Crippen molar-refractivity contribution < 1.29 is 18.0 Å². The second kappa shape index (κ2) is 11.5. The van der Waals surface area contributed by atoms with Gasteiger partial charge in [0.25, 0.3) is 0 Å². The van der Waals surface area contributed by atoms with Crippen molar-refractivity contribution in [3.8, 4) is 0 Å². The van der Waals surface area contributed by atoms with Gasteiger partial charge in [0.15, 0.2) is 0 Å². The van der Waals surface area contributed by atoms with Gasteiger partial charge in [0, 0.05) is 28.0 Å². The molecule has 0 aromatic heterocycles. The van der Waals surface area contributed by atoms with Crippen molar-refractivity contribution in [2.45, 2.75) is 39.4 Å². The van der Waals surface area contributed by atoms with Gasteiger partial charge < -0.3 is 10.2 Å². The molecule has 0 heterocycles. The summed E-state index contributed by atoms with van der Waals surface area (Å²) in [5.41, 5.74) is 0.961. The Morgan fingerprint density at radius 2 is 1.64 bits per heavy atom. The molecule has 1 atom stereocenters. The highest BCUT2D eigenvalue weighted by molar-refractivity contribution is 7.92. The van der Waals surface area contributed by atoms with E-state index in [1.165, 1.54) is 4.90 Å². The smallest absolute Gasteiger partial charge is 0.244 e. The van der Waals surface area contributed by atoms with Crippen LogP contribution >= 0.6 is 23.2 Å². The Kier molecular flexibility index (Phi) is 8.87. The third kappa shape index (κ3) is 6.69. The lowest BCUT2D eigenvalue weighted by atomic mass is 10.1. The first-order valence-corrected chi connectivity index (χ1v) is 14.0. The number of nitrogens with zero attached hydrogens (tertiary/aromatic N) is 2. The van der Waals surface area contributed by atoms with Crippen LogP contribution in [0.3, 0.4) is 0 Å². The van der Waals surface area contributed by atoms with Crippen LogP contribution in [0.1, 0.15) is 26.3 Å². The summed E-state index contributed by atoms with van der Waals surface area (Å²) in [6.07, 6.45) is 1.05. The highest BCUT2D eigenvalue weighted by Crippen LogP contribution is 2.29. The summed E-state index contributed by atoms with van der Waals surface area (Å²) in [6, 6.07) is 16.4. The van der Waals surface area contributed by atoms with Gasteiger partial charge in [-0.25, -0.2) is 8.42 Å². The molecule has 7 nitrogen and oxygen atoms in total. The largest absolute Gasteiger partial charge is 0.352 e. The molecular formula is C26H29Cl2N3O4S. The van der Waals surface area contributed by atoms with Crippen LogP contribution < -0.4 is 9.62 Å². The van der Waals surface area contributed by atoms with Crippen LogP contribution in [0.2, 0.25) is 10.0 Å². The summed E-state index contributed by atoms with van der Waals surface area (Å²) >= 11 is 12.4. The number of benzene rings is 3. The molecule has 0 aliphatic rings. The molecule has 36 heavy (non-hydrogen) atoms. The van der Waals surface area contributed by atoms with Crippen LogP contribution in [0.25, 0.3) is 10.8 Å². The van der Waals surface area contributed by atoms with Gasteiger partial charge in [-0.2, -0.15) is 0 Å². The Balaban J connectivity index is 2.02. The van der Waals surface area contributed by atoms with E-state index in [9.17, 15) is 18.0 Å². The number of carbonyl (C=O) groups excluding carboxylic acids is 2. The van der Waals surface area contributed by atoms with Crippen LogP contribution in [0.4, 0.5) is 5.69 Å². The number of sulfonamides is 1.